The van der Waals surface area contributed by atoms with Crippen LogP contribution in [-0.4, -0.2) is 16.0 Å². The van der Waals surface area contributed by atoms with Crippen molar-refractivity contribution in [1.82, 2.24) is 9.97 Å². The molecule has 1 saturated carbocycles. The van der Waals surface area contributed by atoms with Crippen molar-refractivity contribution < 1.29 is 0 Å². The Bertz CT molecular complexity index is 312. The fourth-order valence-electron chi connectivity index (χ4n) is 2.08. The molecule has 2 unspecified atom stereocenters. The van der Waals surface area contributed by atoms with E-state index in [1.165, 1.54) is 25.7 Å². The Hall–Kier alpha value is -0.640. The number of anilines is 1. The number of nitrogens with zero attached hydrogens (tertiary/aromatic N) is 2. The van der Waals surface area contributed by atoms with E-state index in [-0.39, 0.29) is 0 Å². The number of hydrogen-bond donors (Lipinski definition) is 1. The maximum atomic E-state index is 4.24. The van der Waals surface area contributed by atoms with E-state index >= 15 is 0 Å². The fraction of sp³-hybridized carbons (Fsp3) is 0.636. The van der Waals surface area contributed by atoms with Crippen LogP contribution in [0.25, 0.3) is 0 Å². The second kappa shape index (κ2) is 4.92. The number of hydrogen-bond acceptors (Lipinski definition) is 3. The Morgan fingerprint density at radius 3 is 2.60 bits per heavy atom. The van der Waals surface area contributed by atoms with E-state index in [4.69, 9.17) is 0 Å². The monoisotopic (exact) mass is 269 g/mol. The Morgan fingerprint density at radius 1 is 1.27 bits per heavy atom. The molecule has 1 N–H and O–H groups in total. The zero-order valence-corrected chi connectivity index (χ0v) is 10.5. The van der Waals surface area contributed by atoms with Gasteiger partial charge >= 0.3 is 0 Å². The third-order valence-electron chi connectivity index (χ3n) is 3.05. The van der Waals surface area contributed by atoms with Gasteiger partial charge in [-0.25, -0.2) is 9.97 Å². The summed E-state index contributed by atoms with van der Waals surface area (Å²) in [5.41, 5.74) is 0. The molecule has 4 heteroatoms. The molecule has 1 aliphatic carbocycles. The van der Waals surface area contributed by atoms with Crippen molar-refractivity contribution in [3.63, 3.8) is 0 Å². The third kappa shape index (κ3) is 2.91. The minimum absolute atomic E-state index is 0.542. The van der Waals surface area contributed by atoms with Crippen LogP contribution < -0.4 is 5.32 Å². The highest BCUT2D eigenvalue weighted by Crippen LogP contribution is 2.25. The van der Waals surface area contributed by atoms with Crippen molar-refractivity contribution in [3.8, 4) is 0 Å². The van der Waals surface area contributed by atoms with Crippen LogP contribution in [-0.2, 0) is 0 Å². The van der Waals surface area contributed by atoms with Crippen LogP contribution in [0, 0.1) is 5.92 Å². The maximum absolute atomic E-state index is 4.24. The minimum Gasteiger partial charge on any atom is -0.351 e. The van der Waals surface area contributed by atoms with Crippen LogP contribution >= 0.6 is 15.9 Å². The number of rotatable bonds is 2. The number of aromatic nitrogens is 2. The molecule has 15 heavy (non-hydrogen) atoms. The molecule has 0 saturated heterocycles. The average Bonchev–Trinajstić information content (AvgIpc) is 2.25. The Kier molecular flexibility index (Phi) is 3.57. The zero-order valence-electron chi connectivity index (χ0n) is 8.91. The van der Waals surface area contributed by atoms with Crippen LogP contribution in [0.3, 0.4) is 0 Å². The van der Waals surface area contributed by atoms with Crippen LogP contribution in [0.5, 0.6) is 0 Å². The molecule has 1 aliphatic rings. The molecular formula is C11H16BrN3. The van der Waals surface area contributed by atoms with Crippen molar-refractivity contribution >= 4 is 21.9 Å². The Labute approximate surface area is 98.8 Å². The maximum Gasteiger partial charge on any atom is 0.222 e. The SMILES string of the molecule is CC1CCCCC1Nc1ncc(Br)cn1. The Balaban J connectivity index is 1.98. The molecule has 2 rings (SSSR count). The quantitative estimate of drug-likeness (QED) is 0.896. The van der Waals surface area contributed by atoms with Gasteiger partial charge in [-0.3, -0.25) is 0 Å². The largest absolute Gasteiger partial charge is 0.351 e. The molecule has 0 radical (unpaired) electrons. The lowest BCUT2D eigenvalue weighted by atomic mass is 9.86. The lowest BCUT2D eigenvalue weighted by Gasteiger charge is -2.29. The summed E-state index contributed by atoms with van der Waals surface area (Å²) in [5.74, 6) is 1.47. The summed E-state index contributed by atoms with van der Waals surface area (Å²) in [6.45, 7) is 2.30. The van der Waals surface area contributed by atoms with Crippen molar-refractivity contribution in [2.24, 2.45) is 5.92 Å². The third-order valence-corrected chi connectivity index (χ3v) is 3.46. The second-order valence-corrected chi connectivity index (χ2v) is 5.15. The van der Waals surface area contributed by atoms with Gasteiger partial charge in [0.05, 0.1) is 4.47 Å². The van der Waals surface area contributed by atoms with Crippen molar-refractivity contribution in [2.75, 3.05) is 5.32 Å². The van der Waals surface area contributed by atoms with E-state index in [1.54, 1.807) is 12.4 Å². The van der Waals surface area contributed by atoms with E-state index in [2.05, 4.69) is 38.1 Å². The summed E-state index contributed by atoms with van der Waals surface area (Å²) in [7, 11) is 0. The van der Waals surface area contributed by atoms with Gasteiger partial charge in [0.15, 0.2) is 0 Å². The molecule has 82 valence electrons. The summed E-state index contributed by atoms with van der Waals surface area (Å²) >= 11 is 3.33. The molecular weight excluding hydrogens is 254 g/mol. The van der Waals surface area contributed by atoms with E-state index in [1.807, 2.05) is 0 Å². The van der Waals surface area contributed by atoms with Gasteiger partial charge in [0.2, 0.25) is 5.95 Å². The van der Waals surface area contributed by atoms with Gasteiger partial charge in [-0.15, -0.1) is 0 Å². The Morgan fingerprint density at radius 2 is 1.93 bits per heavy atom. The minimum atomic E-state index is 0.542. The molecule has 0 aliphatic heterocycles. The first-order chi connectivity index (χ1) is 7.25. The molecule has 0 aromatic carbocycles. The highest BCUT2D eigenvalue weighted by molar-refractivity contribution is 9.10. The van der Waals surface area contributed by atoms with E-state index in [9.17, 15) is 0 Å². The second-order valence-electron chi connectivity index (χ2n) is 4.24. The lowest BCUT2D eigenvalue weighted by Crippen LogP contribution is -2.31. The summed E-state index contributed by atoms with van der Waals surface area (Å²) in [6.07, 6.45) is 8.79. The molecule has 2 atom stereocenters. The van der Waals surface area contributed by atoms with Crippen LogP contribution in [0.15, 0.2) is 16.9 Å². The van der Waals surface area contributed by atoms with Gasteiger partial charge in [0.1, 0.15) is 0 Å². The smallest absolute Gasteiger partial charge is 0.222 e. The normalized spacial score (nSPS) is 26.3. The van der Waals surface area contributed by atoms with Crippen molar-refractivity contribution in [3.05, 3.63) is 16.9 Å². The van der Waals surface area contributed by atoms with Crippen molar-refractivity contribution in [1.29, 1.82) is 0 Å². The van der Waals surface area contributed by atoms with E-state index < -0.39 is 0 Å². The lowest BCUT2D eigenvalue weighted by molar-refractivity contribution is 0.348. The molecule has 1 heterocycles. The van der Waals surface area contributed by atoms with Crippen molar-refractivity contribution in [2.45, 2.75) is 38.6 Å². The summed E-state index contributed by atoms with van der Waals surface area (Å²) in [5, 5.41) is 3.41. The summed E-state index contributed by atoms with van der Waals surface area (Å²) < 4.78 is 0.921. The molecule has 0 spiro atoms. The number of nitrogens with one attached hydrogen (secondary N) is 1. The molecule has 1 aromatic heterocycles. The summed E-state index contributed by atoms with van der Waals surface area (Å²) in [6, 6.07) is 0.542. The van der Waals surface area contributed by atoms with Crippen LogP contribution in [0.4, 0.5) is 5.95 Å². The molecule has 1 fully saturated rings. The predicted molar refractivity (Wildman–Crippen MR) is 64.8 cm³/mol. The van der Waals surface area contributed by atoms with Gasteiger partial charge in [-0.2, -0.15) is 0 Å². The van der Waals surface area contributed by atoms with Crippen LogP contribution in [0.1, 0.15) is 32.6 Å². The first-order valence-corrected chi connectivity index (χ1v) is 6.29. The molecule has 1 aromatic rings. The average molecular weight is 270 g/mol. The molecule has 0 bridgehead atoms. The van der Waals surface area contributed by atoms with Gasteiger partial charge in [-0.1, -0.05) is 19.8 Å². The van der Waals surface area contributed by atoms with Gasteiger partial charge < -0.3 is 5.32 Å². The van der Waals surface area contributed by atoms with E-state index in [0.717, 1.165) is 16.3 Å². The molecule has 0 amide bonds. The number of halogens is 1. The van der Waals surface area contributed by atoms with E-state index in [0.29, 0.717) is 6.04 Å². The highest BCUT2D eigenvalue weighted by atomic mass is 79.9. The molecule has 3 nitrogen and oxygen atoms in total. The van der Waals surface area contributed by atoms with Gasteiger partial charge in [0.25, 0.3) is 0 Å². The fourth-order valence-corrected chi connectivity index (χ4v) is 2.29. The van der Waals surface area contributed by atoms with Gasteiger partial charge in [0, 0.05) is 18.4 Å². The summed E-state index contributed by atoms with van der Waals surface area (Å²) in [4.78, 5) is 8.48. The van der Waals surface area contributed by atoms with Crippen LogP contribution in [0.2, 0.25) is 0 Å². The van der Waals surface area contributed by atoms with Gasteiger partial charge in [-0.05, 0) is 34.7 Å². The zero-order chi connectivity index (χ0) is 10.7. The topological polar surface area (TPSA) is 37.8 Å². The highest BCUT2D eigenvalue weighted by Gasteiger charge is 2.21. The predicted octanol–water partition coefficient (Wildman–Crippen LogP) is 3.23. The first kappa shape index (κ1) is 10.9. The standard InChI is InChI=1S/C11H16BrN3/c1-8-4-2-3-5-10(8)15-11-13-6-9(12)7-14-11/h6-8,10H,2-5H2,1H3,(H,13,14,15). The first-order valence-electron chi connectivity index (χ1n) is 5.50.